The van der Waals surface area contributed by atoms with Crippen LogP contribution in [0.2, 0.25) is 0 Å². The van der Waals surface area contributed by atoms with E-state index in [-0.39, 0.29) is 31.6 Å². The zero-order valence-electron chi connectivity index (χ0n) is 29.5. The maximum Gasteiger partial charge on any atom is 0.306 e. The van der Waals surface area contributed by atoms with Crippen LogP contribution in [-0.2, 0) is 23.9 Å². The van der Waals surface area contributed by atoms with Crippen molar-refractivity contribution in [1.29, 1.82) is 0 Å². The van der Waals surface area contributed by atoms with Crippen molar-refractivity contribution >= 4 is 17.9 Å². The molecule has 0 saturated carbocycles. The Morgan fingerprint density at radius 2 is 0.891 bits per heavy atom. The summed E-state index contributed by atoms with van der Waals surface area (Å²) in [5, 5.41) is 18.2. The molecular formula is C39H70O7. The summed E-state index contributed by atoms with van der Waals surface area (Å²) < 4.78 is 10.6. The van der Waals surface area contributed by atoms with E-state index in [0.717, 1.165) is 96.3 Å². The number of rotatable bonds is 35. The quantitative estimate of drug-likeness (QED) is 0.0399. The molecule has 0 rings (SSSR count). The highest BCUT2D eigenvalue weighted by Crippen LogP contribution is 2.13. The molecule has 1 atom stereocenters. The van der Waals surface area contributed by atoms with Gasteiger partial charge in [0.15, 0.2) is 6.10 Å². The predicted octanol–water partition coefficient (Wildman–Crippen LogP) is 10.6. The molecule has 7 heteroatoms. The number of carboxylic acids is 1. The third-order valence-corrected chi connectivity index (χ3v) is 8.25. The number of hydrogen-bond acceptors (Lipinski definition) is 6. The Balaban J connectivity index is 3.57. The van der Waals surface area contributed by atoms with Gasteiger partial charge in [0, 0.05) is 19.3 Å². The van der Waals surface area contributed by atoms with Gasteiger partial charge >= 0.3 is 17.9 Å². The van der Waals surface area contributed by atoms with Gasteiger partial charge in [-0.25, -0.2) is 0 Å². The zero-order chi connectivity index (χ0) is 33.8. The average Bonchev–Trinajstić information content (AvgIpc) is 3.04. The molecule has 268 valence electrons. The van der Waals surface area contributed by atoms with E-state index in [0.29, 0.717) is 12.8 Å². The molecule has 0 bridgehead atoms. The van der Waals surface area contributed by atoms with Gasteiger partial charge in [-0.3, -0.25) is 14.4 Å². The molecule has 1 unspecified atom stereocenters. The van der Waals surface area contributed by atoms with E-state index in [1.54, 1.807) is 0 Å². The molecule has 0 aliphatic carbocycles. The van der Waals surface area contributed by atoms with Crippen LogP contribution in [0.15, 0.2) is 24.3 Å². The standard InChI is InChI=1S/C39H70O7/c1-2-3-4-5-6-7-8-9-10-15-18-21-24-27-30-33-39(44)46-36(34-40)35-45-38(43)32-29-26-23-20-17-14-12-11-13-16-19-22-25-28-31-37(41)42/h9-12,36,40H,2-8,13-35H2,1H3,(H,41,42). The van der Waals surface area contributed by atoms with Crippen LogP contribution in [0.5, 0.6) is 0 Å². The van der Waals surface area contributed by atoms with Crippen LogP contribution in [-0.4, -0.2) is 47.4 Å². The molecule has 7 nitrogen and oxygen atoms in total. The Labute approximate surface area is 282 Å². The van der Waals surface area contributed by atoms with Crippen LogP contribution in [0.3, 0.4) is 0 Å². The van der Waals surface area contributed by atoms with Crippen molar-refractivity contribution in [3.63, 3.8) is 0 Å². The molecule has 0 saturated heterocycles. The maximum atomic E-state index is 12.1. The predicted molar refractivity (Wildman–Crippen MR) is 189 cm³/mol. The number of hydrogen-bond donors (Lipinski definition) is 2. The summed E-state index contributed by atoms with van der Waals surface area (Å²) in [7, 11) is 0. The van der Waals surface area contributed by atoms with Crippen molar-refractivity contribution < 1.29 is 34.1 Å². The van der Waals surface area contributed by atoms with Crippen molar-refractivity contribution in [2.45, 2.75) is 193 Å². The number of aliphatic hydroxyl groups is 1. The van der Waals surface area contributed by atoms with Gasteiger partial charge in [-0.05, 0) is 70.6 Å². The second kappa shape index (κ2) is 35.7. The molecule has 0 heterocycles. The third-order valence-electron chi connectivity index (χ3n) is 8.25. The van der Waals surface area contributed by atoms with E-state index in [4.69, 9.17) is 14.6 Å². The van der Waals surface area contributed by atoms with E-state index >= 15 is 0 Å². The molecule has 0 aromatic heterocycles. The number of unbranched alkanes of at least 4 members (excludes halogenated alkanes) is 21. The third kappa shape index (κ3) is 34.7. The number of ether oxygens (including phenoxy) is 2. The molecule has 2 N–H and O–H groups in total. The van der Waals surface area contributed by atoms with Gasteiger partial charge in [-0.1, -0.05) is 121 Å². The molecule has 0 aromatic carbocycles. The fraction of sp³-hybridized carbons (Fsp3) is 0.821. The van der Waals surface area contributed by atoms with E-state index < -0.39 is 12.1 Å². The first-order valence-electron chi connectivity index (χ1n) is 19.0. The SMILES string of the molecule is CCCCCCCCC=CCCCCCCCC(=O)OC(CO)COC(=O)CCCCCCCC=CCCCCCCCC(=O)O. The first-order valence-corrected chi connectivity index (χ1v) is 19.0. The Morgan fingerprint density at radius 3 is 1.30 bits per heavy atom. The highest BCUT2D eigenvalue weighted by atomic mass is 16.6. The van der Waals surface area contributed by atoms with Crippen LogP contribution in [0, 0.1) is 0 Å². The monoisotopic (exact) mass is 651 g/mol. The van der Waals surface area contributed by atoms with E-state index in [1.165, 1.54) is 64.2 Å². The Hall–Kier alpha value is -2.15. The number of allylic oxidation sites excluding steroid dienone is 4. The van der Waals surface area contributed by atoms with Crippen LogP contribution < -0.4 is 0 Å². The molecule has 0 amide bonds. The molecule has 0 spiro atoms. The number of aliphatic hydroxyl groups excluding tert-OH is 1. The summed E-state index contributed by atoms with van der Waals surface area (Å²) in [6, 6.07) is 0. The van der Waals surface area contributed by atoms with E-state index in [1.807, 2.05) is 0 Å². The number of carbonyl (C=O) groups is 3. The number of esters is 2. The Kier molecular flexibility index (Phi) is 34.0. The highest BCUT2D eigenvalue weighted by molar-refractivity contribution is 5.70. The lowest BCUT2D eigenvalue weighted by molar-refractivity contribution is -0.161. The van der Waals surface area contributed by atoms with Gasteiger partial charge in [0.1, 0.15) is 6.61 Å². The molecule has 0 fully saturated rings. The largest absolute Gasteiger partial charge is 0.481 e. The van der Waals surface area contributed by atoms with Crippen LogP contribution in [0.1, 0.15) is 187 Å². The smallest absolute Gasteiger partial charge is 0.306 e. The Morgan fingerprint density at radius 1 is 0.522 bits per heavy atom. The first-order chi connectivity index (χ1) is 22.5. The average molecular weight is 651 g/mol. The fourth-order valence-corrected chi connectivity index (χ4v) is 5.33. The summed E-state index contributed by atoms with van der Waals surface area (Å²) >= 11 is 0. The summed E-state index contributed by atoms with van der Waals surface area (Å²) in [5.74, 6) is -1.35. The maximum absolute atomic E-state index is 12.1. The van der Waals surface area contributed by atoms with E-state index in [9.17, 15) is 19.5 Å². The molecular weight excluding hydrogens is 580 g/mol. The lowest BCUT2D eigenvalue weighted by Gasteiger charge is -2.15. The molecule has 0 aliphatic heterocycles. The minimum absolute atomic E-state index is 0.0928. The minimum atomic E-state index is -0.795. The van der Waals surface area contributed by atoms with Crippen molar-refractivity contribution in [2.24, 2.45) is 0 Å². The second-order valence-electron chi connectivity index (χ2n) is 12.8. The number of carboxylic acid groups (broad SMARTS) is 1. The van der Waals surface area contributed by atoms with Gasteiger partial charge < -0.3 is 19.7 Å². The lowest BCUT2D eigenvalue weighted by Crippen LogP contribution is -2.28. The van der Waals surface area contributed by atoms with Crippen LogP contribution in [0.4, 0.5) is 0 Å². The zero-order valence-corrected chi connectivity index (χ0v) is 29.5. The molecule has 0 aromatic rings. The van der Waals surface area contributed by atoms with Crippen molar-refractivity contribution in [1.82, 2.24) is 0 Å². The van der Waals surface area contributed by atoms with Gasteiger partial charge in [0.25, 0.3) is 0 Å². The van der Waals surface area contributed by atoms with Crippen LogP contribution in [0.25, 0.3) is 0 Å². The molecule has 46 heavy (non-hydrogen) atoms. The first kappa shape index (κ1) is 43.9. The fourth-order valence-electron chi connectivity index (χ4n) is 5.33. The van der Waals surface area contributed by atoms with Crippen LogP contribution >= 0.6 is 0 Å². The van der Waals surface area contributed by atoms with Gasteiger partial charge in [-0.15, -0.1) is 0 Å². The highest BCUT2D eigenvalue weighted by Gasteiger charge is 2.16. The molecule has 0 radical (unpaired) electrons. The summed E-state index contributed by atoms with van der Waals surface area (Å²) in [4.78, 5) is 34.7. The summed E-state index contributed by atoms with van der Waals surface area (Å²) in [6.07, 6.45) is 37.5. The number of carbonyl (C=O) groups excluding carboxylic acids is 2. The van der Waals surface area contributed by atoms with E-state index in [2.05, 4.69) is 31.2 Å². The normalized spacial score (nSPS) is 12.2. The second-order valence-corrected chi connectivity index (χ2v) is 12.8. The minimum Gasteiger partial charge on any atom is -0.481 e. The van der Waals surface area contributed by atoms with Crippen molar-refractivity contribution in [3.8, 4) is 0 Å². The lowest BCUT2D eigenvalue weighted by atomic mass is 10.1. The van der Waals surface area contributed by atoms with Gasteiger partial charge in [-0.2, -0.15) is 0 Å². The molecule has 0 aliphatic rings. The van der Waals surface area contributed by atoms with Crippen molar-refractivity contribution in [2.75, 3.05) is 13.2 Å². The number of aliphatic carboxylic acids is 1. The van der Waals surface area contributed by atoms with Gasteiger partial charge in [0.2, 0.25) is 0 Å². The summed E-state index contributed by atoms with van der Waals surface area (Å²) in [6.45, 7) is 1.81. The van der Waals surface area contributed by atoms with Crippen molar-refractivity contribution in [3.05, 3.63) is 24.3 Å². The summed E-state index contributed by atoms with van der Waals surface area (Å²) in [5.41, 5.74) is 0. The Bertz CT molecular complexity index is 761. The topological polar surface area (TPSA) is 110 Å². The van der Waals surface area contributed by atoms with Gasteiger partial charge in [0.05, 0.1) is 6.61 Å².